The summed E-state index contributed by atoms with van der Waals surface area (Å²) in [5, 5.41) is 2.82. The van der Waals surface area contributed by atoms with Crippen molar-refractivity contribution in [3.8, 4) is 24.0 Å². The number of benzene rings is 1. The van der Waals surface area contributed by atoms with E-state index in [-0.39, 0.29) is 11.8 Å². The van der Waals surface area contributed by atoms with Gasteiger partial charge in [-0.2, -0.15) is 0 Å². The third-order valence-corrected chi connectivity index (χ3v) is 4.00. The van der Waals surface area contributed by atoms with Gasteiger partial charge in [0.2, 0.25) is 5.88 Å². The van der Waals surface area contributed by atoms with Gasteiger partial charge in [-0.3, -0.25) is 4.90 Å². The summed E-state index contributed by atoms with van der Waals surface area (Å²) in [6, 6.07) is 8.85. The molecule has 1 aliphatic heterocycles. The number of carbonyl (C=O) groups excluding carboxylic acids is 1. The maximum atomic E-state index is 12.9. The summed E-state index contributed by atoms with van der Waals surface area (Å²) in [6.45, 7) is 3.40. The zero-order chi connectivity index (χ0) is 18.4. The molecule has 1 N–H and O–H groups in total. The first-order chi connectivity index (χ1) is 12.6. The molecule has 2 heterocycles. The summed E-state index contributed by atoms with van der Waals surface area (Å²) in [7, 11) is 0. The van der Waals surface area contributed by atoms with Gasteiger partial charge in [0.05, 0.1) is 18.4 Å². The number of nitrogens with one attached hydrogen (secondary N) is 1. The third-order valence-electron chi connectivity index (χ3n) is 4.00. The number of aromatic nitrogens is 1. The Kier molecular flexibility index (Phi) is 5.66. The molecule has 1 aromatic carbocycles. The van der Waals surface area contributed by atoms with Crippen LogP contribution in [0.4, 0.5) is 14.9 Å². The first-order valence-corrected chi connectivity index (χ1v) is 8.25. The Morgan fingerprint density at radius 1 is 1.19 bits per heavy atom. The molecular formula is C19H19FN4O2. The lowest BCUT2D eigenvalue weighted by molar-refractivity contribution is 0.157. The van der Waals surface area contributed by atoms with E-state index in [1.54, 1.807) is 17.0 Å². The van der Waals surface area contributed by atoms with Crippen molar-refractivity contribution in [2.75, 3.05) is 38.0 Å². The summed E-state index contributed by atoms with van der Waals surface area (Å²) in [5.74, 6) is 3.13. The van der Waals surface area contributed by atoms with E-state index < -0.39 is 0 Å². The maximum Gasteiger partial charge on any atom is 0.321 e. The largest absolute Gasteiger partial charge is 0.439 e. The Hall–Kier alpha value is -3.11. The minimum Gasteiger partial charge on any atom is -0.439 e. The lowest BCUT2D eigenvalue weighted by Gasteiger charge is -2.33. The van der Waals surface area contributed by atoms with E-state index in [1.165, 1.54) is 30.5 Å². The minimum absolute atomic E-state index is 0.167. The third kappa shape index (κ3) is 4.71. The highest BCUT2D eigenvalue weighted by molar-refractivity contribution is 5.89. The van der Waals surface area contributed by atoms with Crippen molar-refractivity contribution in [2.24, 2.45) is 0 Å². The van der Waals surface area contributed by atoms with Gasteiger partial charge in [-0.25, -0.2) is 14.2 Å². The van der Waals surface area contributed by atoms with Crippen molar-refractivity contribution in [3.05, 3.63) is 48.4 Å². The predicted octanol–water partition coefficient (Wildman–Crippen LogP) is 2.80. The van der Waals surface area contributed by atoms with E-state index in [2.05, 4.69) is 21.1 Å². The molecule has 7 heteroatoms. The second-order valence-corrected chi connectivity index (χ2v) is 5.84. The van der Waals surface area contributed by atoms with Gasteiger partial charge in [0, 0.05) is 32.2 Å². The second-order valence-electron chi connectivity index (χ2n) is 5.84. The van der Waals surface area contributed by atoms with Crippen LogP contribution in [0.5, 0.6) is 11.6 Å². The van der Waals surface area contributed by atoms with E-state index in [4.69, 9.17) is 11.2 Å². The molecule has 2 amide bonds. The molecule has 1 saturated heterocycles. The topological polar surface area (TPSA) is 57.7 Å². The Labute approximate surface area is 151 Å². The number of ether oxygens (including phenoxy) is 1. The smallest absolute Gasteiger partial charge is 0.321 e. The number of piperazine rings is 1. The van der Waals surface area contributed by atoms with Crippen LogP contribution in [0, 0.1) is 18.2 Å². The first kappa shape index (κ1) is 17.7. The zero-order valence-corrected chi connectivity index (χ0v) is 14.2. The van der Waals surface area contributed by atoms with Gasteiger partial charge < -0.3 is 15.0 Å². The number of pyridine rings is 1. The highest BCUT2D eigenvalue weighted by atomic mass is 19.1. The number of urea groups is 1. The molecule has 2 aromatic rings. The highest BCUT2D eigenvalue weighted by Crippen LogP contribution is 2.20. The Morgan fingerprint density at radius 2 is 1.92 bits per heavy atom. The van der Waals surface area contributed by atoms with Gasteiger partial charge in [0.15, 0.2) is 0 Å². The van der Waals surface area contributed by atoms with Crippen LogP contribution in [0.1, 0.15) is 0 Å². The molecule has 0 spiro atoms. The standard InChI is InChI=1S/C19H19FN4O2/c1-2-9-23-10-12-24(13-11-23)19(25)22-16-5-8-18(21-14-16)26-17-6-3-15(20)4-7-17/h1,3-8,14H,9-13H2,(H,22,25). The van der Waals surface area contributed by atoms with Crippen molar-refractivity contribution in [2.45, 2.75) is 0 Å². The van der Waals surface area contributed by atoms with E-state index in [0.29, 0.717) is 37.0 Å². The van der Waals surface area contributed by atoms with E-state index in [0.717, 1.165) is 13.1 Å². The molecule has 0 radical (unpaired) electrons. The molecule has 1 aliphatic rings. The number of amides is 2. The number of anilines is 1. The average Bonchev–Trinajstić information content (AvgIpc) is 2.66. The van der Waals surface area contributed by atoms with Gasteiger partial charge in [0.25, 0.3) is 0 Å². The molecule has 0 saturated carbocycles. The van der Waals surface area contributed by atoms with Crippen molar-refractivity contribution >= 4 is 11.7 Å². The number of carbonyl (C=O) groups is 1. The molecular weight excluding hydrogens is 335 g/mol. The Balaban J connectivity index is 1.52. The lowest BCUT2D eigenvalue weighted by Crippen LogP contribution is -2.50. The molecule has 0 bridgehead atoms. The average molecular weight is 354 g/mol. The highest BCUT2D eigenvalue weighted by Gasteiger charge is 2.20. The number of hydrogen-bond donors (Lipinski definition) is 1. The van der Waals surface area contributed by atoms with Crippen LogP contribution in [0.25, 0.3) is 0 Å². The van der Waals surface area contributed by atoms with Crippen LogP contribution >= 0.6 is 0 Å². The van der Waals surface area contributed by atoms with E-state index >= 15 is 0 Å². The van der Waals surface area contributed by atoms with Gasteiger partial charge in [-0.1, -0.05) is 5.92 Å². The van der Waals surface area contributed by atoms with Gasteiger partial charge in [-0.05, 0) is 30.3 Å². The van der Waals surface area contributed by atoms with Gasteiger partial charge >= 0.3 is 6.03 Å². The lowest BCUT2D eigenvalue weighted by atomic mass is 10.3. The Morgan fingerprint density at radius 3 is 2.54 bits per heavy atom. The molecule has 134 valence electrons. The van der Waals surface area contributed by atoms with Crippen LogP contribution in [-0.2, 0) is 0 Å². The normalized spacial score (nSPS) is 14.5. The van der Waals surface area contributed by atoms with Crippen LogP contribution < -0.4 is 10.1 Å². The molecule has 26 heavy (non-hydrogen) atoms. The van der Waals surface area contributed by atoms with Crippen molar-refractivity contribution in [1.29, 1.82) is 0 Å². The van der Waals surface area contributed by atoms with Crippen LogP contribution in [-0.4, -0.2) is 53.5 Å². The van der Waals surface area contributed by atoms with Gasteiger partial charge in [0.1, 0.15) is 11.6 Å². The number of terminal acetylenes is 1. The van der Waals surface area contributed by atoms with Crippen LogP contribution in [0.2, 0.25) is 0 Å². The number of hydrogen-bond acceptors (Lipinski definition) is 4. The molecule has 0 atom stereocenters. The zero-order valence-electron chi connectivity index (χ0n) is 14.2. The monoisotopic (exact) mass is 354 g/mol. The Bertz CT molecular complexity index is 779. The van der Waals surface area contributed by atoms with Crippen LogP contribution in [0.3, 0.4) is 0 Å². The summed E-state index contributed by atoms with van der Waals surface area (Å²) in [4.78, 5) is 20.3. The molecule has 0 aliphatic carbocycles. The second kappa shape index (κ2) is 8.32. The number of nitrogens with zero attached hydrogens (tertiary/aromatic N) is 3. The molecule has 6 nitrogen and oxygen atoms in total. The van der Waals surface area contributed by atoms with Crippen molar-refractivity contribution < 1.29 is 13.9 Å². The quantitative estimate of drug-likeness (QED) is 0.858. The summed E-state index contributed by atoms with van der Waals surface area (Å²) < 4.78 is 18.4. The maximum absolute atomic E-state index is 12.9. The first-order valence-electron chi connectivity index (χ1n) is 8.25. The van der Waals surface area contributed by atoms with Gasteiger partial charge in [-0.15, -0.1) is 6.42 Å². The van der Waals surface area contributed by atoms with E-state index in [9.17, 15) is 9.18 Å². The number of rotatable bonds is 4. The van der Waals surface area contributed by atoms with E-state index in [1.807, 2.05) is 0 Å². The molecule has 0 unspecified atom stereocenters. The summed E-state index contributed by atoms with van der Waals surface area (Å²) >= 11 is 0. The van der Waals surface area contributed by atoms with Crippen molar-refractivity contribution in [3.63, 3.8) is 0 Å². The SMILES string of the molecule is C#CCN1CCN(C(=O)Nc2ccc(Oc3ccc(F)cc3)nc2)CC1. The fraction of sp³-hybridized carbons (Fsp3) is 0.263. The van der Waals surface area contributed by atoms with Crippen LogP contribution in [0.15, 0.2) is 42.6 Å². The molecule has 1 aromatic heterocycles. The molecule has 1 fully saturated rings. The minimum atomic E-state index is -0.330. The summed E-state index contributed by atoms with van der Waals surface area (Å²) in [6.07, 6.45) is 6.82. The summed E-state index contributed by atoms with van der Waals surface area (Å²) in [5.41, 5.74) is 0.576. The molecule has 3 rings (SSSR count). The predicted molar refractivity (Wildman–Crippen MR) is 96.6 cm³/mol. The fourth-order valence-electron chi connectivity index (χ4n) is 2.58. The fourth-order valence-corrected chi connectivity index (χ4v) is 2.58. The van der Waals surface area contributed by atoms with Crippen molar-refractivity contribution in [1.82, 2.24) is 14.8 Å². The number of halogens is 1.